The third-order valence-corrected chi connectivity index (χ3v) is 2.95. The Morgan fingerprint density at radius 2 is 1.94 bits per heavy atom. The van der Waals surface area contributed by atoms with Crippen molar-refractivity contribution in [2.45, 2.75) is 58.1 Å². The van der Waals surface area contributed by atoms with Gasteiger partial charge in [-0.3, -0.25) is 4.79 Å². The van der Waals surface area contributed by atoms with E-state index in [9.17, 15) is 9.59 Å². The first-order valence-electron chi connectivity index (χ1n) is 6.36. The Morgan fingerprint density at radius 3 is 2.50 bits per heavy atom. The van der Waals surface area contributed by atoms with Crippen LogP contribution in [0.4, 0.5) is 4.79 Å². The van der Waals surface area contributed by atoms with E-state index in [2.05, 4.69) is 10.1 Å². The number of carbonyl (C=O) groups excluding carboxylic acids is 2. The van der Waals surface area contributed by atoms with E-state index >= 15 is 0 Å². The molecule has 1 amide bonds. The second kappa shape index (κ2) is 6.07. The first-order valence-corrected chi connectivity index (χ1v) is 6.36. The van der Waals surface area contributed by atoms with Gasteiger partial charge in [0.15, 0.2) is 0 Å². The molecule has 2 atom stereocenters. The van der Waals surface area contributed by atoms with Gasteiger partial charge in [-0.05, 0) is 46.0 Å². The Hall–Kier alpha value is -1.26. The lowest BCUT2D eigenvalue weighted by Crippen LogP contribution is -2.38. The molecule has 104 valence electrons. The van der Waals surface area contributed by atoms with Crippen molar-refractivity contribution in [3.63, 3.8) is 0 Å². The van der Waals surface area contributed by atoms with Crippen molar-refractivity contribution in [2.24, 2.45) is 5.92 Å². The van der Waals surface area contributed by atoms with Crippen LogP contribution in [-0.2, 0) is 14.3 Å². The molecule has 0 heterocycles. The number of methoxy groups -OCH3 is 1. The SMILES string of the molecule is COC(=O)CC1CCC(NC(=O)OC(C)(C)C)C1. The van der Waals surface area contributed by atoms with Gasteiger partial charge in [0.2, 0.25) is 0 Å². The highest BCUT2D eigenvalue weighted by atomic mass is 16.6. The molecule has 2 unspecified atom stereocenters. The Balaban J connectivity index is 2.30. The van der Waals surface area contributed by atoms with Gasteiger partial charge in [0, 0.05) is 12.5 Å². The second-order valence-corrected chi connectivity index (χ2v) is 5.80. The molecule has 0 aromatic heterocycles. The van der Waals surface area contributed by atoms with E-state index in [1.54, 1.807) is 0 Å². The Morgan fingerprint density at radius 1 is 1.28 bits per heavy atom. The summed E-state index contributed by atoms with van der Waals surface area (Å²) in [6.07, 6.45) is 2.69. The number of hydrogen-bond donors (Lipinski definition) is 1. The molecule has 5 nitrogen and oxygen atoms in total. The summed E-state index contributed by atoms with van der Waals surface area (Å²) in [4.78, 5) is 22.7. The van der Waals surface area contributed by atoms with Crippen molar-refractivity contribution in [3.8, 4) is 0 Å². The number of ether oxygens (including phenoxy) is 2. The Labute approximate surface area is 108 Å². The molecule has 1 aliphatic carbocycles. The van der Waals surface area contributed by atoms with Crippen LogP contribution >= 0.6 is 0 Å². The van der Waals surface area contributed by atoms with Crippen LogP contribution in [0.1, 0.15) is 46.5 Å². The third kappa shape index (κ3) is 5.38. The van der Waals surface area contributed by atoms with Gasteiger partial charge >= 0.3 is 12.1 Å². The number of hydrogen-bond acceptors (Lipinski definition) is 4. The fraction of sp³-hybridized carbons (Fsp3) is 0.846. The summed E-state index contributed by atoms with van der Waals surface area (Å²) < 4.78 is 9.84. The van der Waals surface area contributed by atoms with Gasteiger partial charge in [-0.25, -0.2) is 4.79 Å². The fourth-order valence-electron chi connectivity index (χ4n) is 2.18. The summed E-state index contributed by atoms with van der Waals surface area (Å²) in [5, 5.41) is 2.84. The van der Waals surface area contributed by atoms with E-state index in [1.165, 1.54) is 7.11 Å². The van der Waals surface area contributed by atoms with Crippen molar-refractivity contribution >= 4 is 12.1 Å². The molecule has 1 rings (SSSR count). The zero-order chi connectivity index (χ0) is 13.8. The zero-order valence-electron chi connectivity index (χ0n) is 11.6. The van der Waals surface area contributed by atoms with Gasteiger partial charge in [-0.2, -0.15) is 0 Å². The van der Waals surface area contributed by atoms with Gasteiger partial charge in [0.05, 0.1) is 7.11 Å². The van der Waals surface area contributed by atoms with Crippen LogP contribution in [0.2, 0.25) is 0 Å². The van der Waals surface area contributed by atoms with Gasteiger partial charge in [0.25, 0.3) is 0 Å². The summed E-state index contributed by atoms with van der Waals surface area (Å²) in [7, 11) is 1.40. The van der Waals surface area contributed by atoms with Crippen molar-refractivity contribution < 1.29 is 19.1 Å². The van der Waals surface area contributed by atoms with Crippen LogP contribution < -0.4 is 5.32 Å². The van der Waals surface area contributed by atoms with Crippen LogP contribution in [0.25, 0.3) is 0 Å². The predicted octanol–water partition coefficient (Wildman–Crippen LogP) is 2.24. The van der Waals surface area contributed by atoms with Gasteiger partial charge in [-0.15, -0.1) is 0 Å². The molecular formula is C13H23NO4. The number of nitrogens with one attached hydrogen (secondary N) is 1. The van der Waals surface area contributed by atoms with Gasteiger partial charge < -0.3 is 14.8 Å². The molecule has 0 saturated heterocycles. The normalized spacial score (nSPS) is 23.6. The highest BCUT2D eigenvalue weighted by Crippen LogP contribution is 2.28. The average molecular weight is 257 g/mol. The second-order valence-electron chi connectivity index (χ2n) is 5.80. The third-order valence-electron chi connectivity index (χ3n) is 2.95. The maximum atomic E-state index is 11.6. The highest BCUT2D eigenvalue weighted by molar-refractivity contribution is 5.70. The fourth-order valence-corrected chi connectivity index (χ4v) is 2.18. The van der Waals surface area contributed by atoms with Crippen LogP contribution in [0.3, 0.4) is 0 Å². The van der Waals surface area contributed by atoms with Gasteiger partial charge in [0.1, 0.15) is 5.60 Å². The summed E-state index contributed by atoms with van der Waals surface area (Å²) in [6, 6.07) is 0.106. The molecule has 1 aliphatic rings. The first kappa shape index (κ1) is 14.8. The topological polar surface area (TPSA) is 64.6 Å². The summed E-state index contributed by atoms with van der Waals surface area (Å²) >= 11 is 0. The molecule has 1 N–H and O–H groups in total. The monoisotopic (exact) mass is 257 g/mol. The summed E-state index contributed by atoms with van der Waals surface area (Å²) in [5.41, 5.74) is -0.478. The van der Waals surface area contributed by atoms with Crippen LogP contribution in [0, 0.1) is 5.92 Å². The lowest BCUT2D eigenvalue weighted by molar-refractivity contribution is -0.141. The smallest absolute Gasteiger partial charge is 0.407 e. The summed E-state index contributed by atoms with van der Waals surface area (Å²) in [5.74, 6) is 0.121. The minimum absolute atomic E-state index is 0.106. The molecule has 0 spiro atoms. The zero-order valence-corrected chi connectivity index (χ0v) is 11.6. The quantitative estimate of drug-likeness (QED) is 0.787. The molecule has 1 saturated carbocycles. The lowest BCUT2D eigenvalue weighted by Gasteiger charge is -2.21. The average Bonchev–Trinajstić information content (AvgIpc) is 2.62. The highest BCUT2D eigenvalue weighted by Gasteiger charge is 2.29. The number of alkyl carbamates (subject to hydrolysis) is 1. The van der Waals surface area contributed by atoms with Crippen LogP contribution in [0.15, 0.2) is 0 Å². The van der Waals surface area contributed by atoms with Crippen LogP contribution in [-0.4, -0.2) is 30.8 Å². The molecule has 0 radical (unpaired) electrons. The molecular weight excluding hydrogens is 234 g/mol. The molecule has 0 bridgehead atoms. The summed E-state index contributed by atoms with van der Waals surface area (Å²) in [6.45, 7) is 5.50. The van der Waals surface area contributed by atoms with E-state index in [0.717, 1.165) is 19.3 Å². The maximum Gasteiger partial charge on any atom is 0.407 e. The van der Waals surface area contributed by atoms with E-state index in [0.29, 0.717) is 12.3 Å². The standard InChI is InChI=1S/C13H23NO4/c1-13(2,3)18-12(16)14-10-6-5-9(7-10)8-11(15)17-4/h9-10H,5-8H2,1-4H3,(H,14,16). The number of carbonyl (C=O) groups is 2. The first-order chi connectivity index (χ1) is 8.30. The molecule has 1 fully saturated rings. The lowest BCUT2D eigenvalue weighted by atomic mass is 10.0. The van der Waals surface area contributed by atoms with Crippen molar-refractivity contribution in [1.82, 2.24) is 5.32 Å². The van der Waals surface area contributed by atoms with E-state index in [4.69, 9.17) is 4.74 Å². The van der Waals surface area contributed by atoms with E-state index < -0.39 is 5.60 Å². The molecule has 0 aliphatic heterocycles. The van der Waals surface area contributed by atoms with E-state index in [1.807, 2.05) is 20.8 Å². The number of amides is 1. The predicted molar refractivity (Wildman–Crippen MR) is 67.1 cm³/mol. The number of esters is 1. The molecule has 5 heteroatoms. The molecule has 18 heavy (non-hydrogen) atoms. The molecule has 0 aromatic rings. The Kier molecular flexibility index (Phi) is 4.99. The minimum atomic E-state index is -0.478. The van der Waals surface area contributed by atoms with Crippen molar-refractivity contribution in [3.05, 3.63) is 0 Å². The Bertz CT molecular complexity index is 309. The van der Waals surface area contributed by atoms with Crippen molar-refractivity contribution in [2.75, 3.05) is 7.11 Å². The minimum Gasteiger partial charge on any atom is -0.469 e. The molecule has 0 aromatic carbocycles. The largest absolute Gasteiger partial charge is 0.469 e. The van der Waals surface area contributed by atoms with E-state index in [-0.39, 0.29) is 18.1 Å². The van der Waals surface area contributed by atoms with Gasteiger partial charge in [-0.1, -0.05) is 0 Å². The maximum absolute atomic E-state index is 11.6. The van der Waals surface area contributed by atoms with Crippen LogP contribution in [0.5, 0.6) is 0 Å². The number of rotatable bonds is 3. The van der Waals surface area contributed by atoms with Crippen molar-refractivity contribution in [1.29, 1.82) is 0 Å².